The molecule has 3 aromatic rings. The molecule has 7 nitrogen and oxygen atoms in total. The Labute approximate surface area is 187 Å². The number of aliphatic carboxylic acids is 1. The van der Waals surface area contributed by atoms with Crippen LogP contribution in [0.4, 0.5) is 13.2 Å². The fraction of sp³-hybridized carbons (Fsp3) is 0.250. The van der Waals surface area contributed by atoms with Crippen molar-refractivity contribution in [1.29, 1.82) is 0 Å². The van der Waals surface area contributed by atoms with Gasteiger partial charge in [0.15, 0.2) is 11.1 Å². The van der Waals surface area contributed by atoms with Crippen molar-refractivity contribution in [3.8, 4) is 16.9 Å². The molecule has 0 amide bonds. The third-order valence-corrected chi connectivity index (χ3v) is 6.47. The van der Waals surface area contributed by atoms with E-state index in [2.05, 4.69) is 10.2 Å². The molecule has 0 saturated carbocycles. The Morgan fingerprint density at radius 1 is 1.19 bits per heavy atom. The highest BCUT2D eigenvalue weighted by Gasteiger charge is 2.35. The molecule has 0 aliphatic heterocycles. The van der Waals surface area contributed by atoms with Crippen LogP contribution < -0.4 is 4.74 Å². The Morgan fingerprint density at radius 3 is 2.44 bits per heavy atom. The van der Waals surface area contributed by atoms with E-state index in [9.17, 15) is 26.7 Å². The van der Waals surface area contributed by atoms with E-state index in [1.165, 1.54) is 31.4 Å². The zero-order chi connectivity index (χ0) is 23.6. The standard InChI is InChI=1S/C20H17F3N2O5S2/c1-10-24-25-19(31-10)18(32(28)29)15-9-12(20(21,22)23)4-5-13(15)14-7-11(8-17(26)27)3-6-16(14)30-2/h3-7,9,18H,8H2,1-2H3,(H,26,27)(H,28,29). The van der Waals surface area contributed by atoms with Crippen LogP contribution in [0.3, 0.4) is 0 Å². The molecule has 1 aromatic heterocycles. The predicted molar refractivity (Wildman–Crippen MR) is 112 cm³/mol. The largest absolute Gasteiger partial charge is 0.496 e. The smallest absolute Gasteiger partial charge is 0.416 e. The van der Waals surface area contributed by atoms with E-state index in [-0.39, 0.29) is 33.9 Å². The summed E-state index contributed by atoms with van der Waals surface area (Å²) in [7, 11) is 1.36. The average molecular weight is 486 g/mol. The number of aryl methyl sites for hydroxylation is 1. The summed E-state index contributed by atoms with van der Waals surface area (Å²) >= 11 is -1.64. The van der Waals surface area contributed by atoms with Gasteiger partial charge in [0.05, 0.1) is 19.1 Å². The summed E-state index contributed by atoms with van der Waals surface area (Å²) in [5.41, 5.74) is -0.266. The van der Waals surface area contributed by atoms with Crippen molar-refractivity contribution in [3.05, 3.63) is 63.1 Å². The molecule has 3 rings (SSSR count). The number of nitrogens with zero attached hydrogens (tertiary/aromatic N) is 2. The second-order valence-electron chi connectivity index (χ2n) is 6.72. The van der Waals surface area contributed by atoms with Crippen molar-refractivity contribution in [2.45, 2.75) is 24.8 Å². The first-order chi connectivity index (χ1) is 15.0. The van der Waals surface area contributed by atoms with Crippen LogP contribution >= 0.6 is 11.3 Å². The number of rotatable bonds is 7. The first kappa shape index (κ1) is 23.8. The van der Waals surface area contributed by atoms with Gasteiger partial charge in [0.1, 0.15) is 21.0 Å². The Kier molecular flexibility index (Phi) is 6.96. The lowest BCUT2D eigenvalue weighted by atomic mass is 9.93. The zero-order valence-electron chi connectivity index (χ0n) is 16.7. The monoisotopic (exact) mass is 486 g/mol. The molecule has 0 bridgehead atoms. The Morgan fingerprint density at radius 2 is 1.91 bits per heavy atom. The molecule has 2 atom stereocenters. The van der Waals surface area contributed by atoms with Crippen molar-refractivity contribution in [1.82, 2.24) is 10.2 Å². The lowest BCUT2D eigenvalue weighted by Crippen LogP contribution is -2.12. The second-order valence-corrected chi connectivity index (χ2v) is 8.96. The molecule has 0 fully saturated rings. The van der Waals surface area contributed by atoms with Crippen molar-refractivity contribution in [2.24, 2.45) is 0 Å². The molecule has 0 aliphatic rings. The predicted octanol–water partition coefficient (Wildman–Crippen LogP) is 4.48. The van der Waals surface area contributed by atoms with Gasteiger partial charge in [0.25, 0.3) is 0 Å². The highest BCUT2D eigenvalue weighted by molar-refractivity contribution is 7.79. The number of benzene rings is 2. The molecule has 1 heterocycles. The van der Waals surface area contributed by atoms with E-state index < -0.39 is 34.0 Å². The lowest BCUT2D eigenvalue weighted by Gasteiger charge is -2.20. The molecule has 0 spiro atoms. The topological polar surface area (TPSA) is 110 Å². The van der Waals surface area contributed by atoms with E-state index in [4.69, 9.17) is 9.84 Å². The SMILES string of the molecule is COc1ccc(CC(=O)O)cc1-c1ccc(C(F)(F)F)cc1C(c1nnc(C)s1)S(=O)O. The molecule has 2 aromatic carbocycles. The molecule has 32 heavy (non-hydrogen) atoms. The number of carboxylic acids is 1. The number of alkyl halides is 3. The van der Waals surface area contributed by atoms with Gasteiger partial charge in [-0.25, -0.2) is 4.21 Å². The Hall–Kier alpha value is -2.83. The van der Waals surface area contributed by atoms with Crippen LogP contribution in [0.15, 0.2) is 36.4 Å². The number of carbonyl (C=O) groups is 1. The number of carboxylic acid groups (broad SMARTS) is 1. The molecule has 170 valence electrons. The fourth-order valence-electron chi connectivity index (χ4n) is 3.20. The minimum Gasteiger partial charge on any atom is -0.496 e. The molecule has 0 aliphatic carbocycles. The maximum absolute atomic E-state index is 13.5. The molecular formula is C20H17F3N2O5S2. The van der Waals surface area contributed by atoms with Gasteiger partial charge in [0.2, 0.25) is 0 Å². The van der Waals surface area contributed by atoms with Gasteiger partial charge in [-0.05, 0) is 47.9 Å². The summed E-state index contributed by atoms with van der Waals surface area (Å²) in [4.78, 5) is 11.1. The van der Waals surface area contributed by atoms with Crippen molar-refractivity contribution in [2.75, 3.05) is 7.11 Å². The third-order valence-electron chi connectivity index (χ3n) is 4.54. The van der Waals surface area contributed by atoms with Gasteiger partial charge >= 0.3 is 12.1 Å². The van der Waals surface area contributed by atoms with Crippen LogP contribution in [0, 0.1) is 6.92 Å². The van der Waals surface area contributed by atoms with E-state index >= 15 is 0 Å². The summed E-state index contributed by atoms with van der Waals surface area (Å²) in [6, 6.07) is 7.32. The first-order valence-electron chi connectivity index (χ1n) is 9.01. The van der Waals surface area contributed by atoms with Gasteiger partial charge in [-0.1, -0.05) is 12.1 Å². The normalized spacial score (nSPS) is 13.6. The number of halogens is 3. The summed E-state index contributed by atoms with van der Waals surface area (Å²) in [5, 5.41) is 15.9. The number of methoxy groups -OCH3 is 1. The van der Waals surface area contributed by atoms with Crippen LogP contribution in [0.2, 0.25) is 0 Å². The second kappa shape index (κ2) is 9.35. The van der Waals surface area contributed by atoms with Gasteiger partial charge in [-0.15, -0.1) is 21.5 Å². The van der Waals surface area contributed by atoms with Crippen LogP contribution in [0.1, 0.15) is 32.0 Å². The molecule has 2 unspecified atom stereocenters. The minimum atomic E-state index is -4.69. The molecule has 0 radical (unpaired) electrons. The number of ether oxygens (including phenoxy) is 1. The van der Waals surface area contributed by atoms with Crippen molar-refractivity contribution in [3.63, 3.8) is 0 Å². The minimum absolute atomic E-state index is 0.0737. The van der Waals surface area contributed by atoms with E-state index in [0.717, 1.165) is 23.5 Å². The summed E-state index contributed by atoms with van der Waals surface area (Å²) in [5.74, 6) is -0.830. The van der Waals surface area contributed by atoms with Crippen LogP contribution in [0.25, 0.3) is 11.1 Å². The van der Waals surface area contributed by atoms with Crippen LogP contribution in [-0.4, -0.2) is 37.1 Å². The molecule has 0 saturated heterocycles. The summed E-state index contributed by atoms with van der Waals surface area (Å²) in [6.45, 7) is 1.62. The van der Waals surface area contributed by atoms with Gasteiger partial charge in [-0.3, -0.25) is 4.79 Å². The van der Waals surface area contributed by atoms with Crippen molar-refractivity contribution >= 4 is 28.4 Å². The highest BCUT2D eigenvalue weighted by atomic mass is 32.2. The van der Waals surface area contributed by atoms with Gasteiger partial charge in [0, 0.05) is 5.56 Å². The number of aromatic nitrogens is 2. The highest BCUT2D eigenvalue weighted by Crippen LogP contribution is 2.42. The summed E-state index contributed by atoms with van der Waals surface area (Å²) < 4.78 is 68.0. The zero-order valence-corrected chi connectivity index (χ0v) is 18.3. The molecular weight excluding hydrogens is 469 g/mol. The maximum atomic E-state index is 13.5. The fourth-order valence-corrected chi connectivity index (χ4v) is 4.92. The first-order valence-corrected chi connectivity index (χ1v) is 11.0. The summed E-state index contributed by atoms with van der Waals surface area (Å²) in [6.07, 6.45) is -5.01. The van der Waals surface area contributed by atoms with Crippen molar-refractivity contribution < 1.29 is 36.6 Å². The van der Waals surface area contributed by atoms with E-state index in [0.29, 0.717) is 10.6 Å². The third kappa shape index (κ3) is 5.14. The Bertz CT molecular complexity index is 1180. The maximum Gasteiger partial charge on any atom is 0.416 e. The lowest BCUT2D eigenvalue weighted by molar-refractivity contribution is -0.138. The van der Waals surface area contributed by atoms with Gasteiger partial charge < -0.3 is 14.4 Å². The molecule has 2 N–H and O–H groups in total. The molecule has 12 heteroatoms. The van der Waals surface area contributed by atoms with E-state index in [1.807, 2.05) is 0 Å². The van der Waals surface area contributed by atoms with E-state index in [1.54, 1.807) is 6.92 Å². The Balaban J connectivity index is 2.31. The van der Waals surface area contributed by atoms with Crippen LogP contribution in [0.5, 0.6) is 5.75 Å². The van der Waals surface area contributed by atoms with Gasteiger partial charge in [-0.2, -0.15) is 13.2 Å². The van der Waals surface area contributed by atoms with Crippen LogP contribution in [-0.2, 0) is 28.5 Å². The average Bonchev–Trinajstić information content (AvgIpc) is 3.12. The number of hydrogen-bond donors (Lipinski definition) is 2. The number of hydrogen-bond acceptors (Lipinski definition) is 6. The quantitative estimate of drug-likeness (QED) is 0.474.